The Morgan fingerprint density at radius 1 is 0.639 bits per heavy atom. The van der Waals surface area contributed by atoms with E-state index in [4.69, 9.17) is 9.31 Å². The van der Waals surface area contributed by atoms with Crippen LogP contribution in [0.15, 0.2) is 60.7 Å². The monoisotopic (exact) mass is 596 g/mol. The van der Waals surface area contributed by atoms with Crippen LogP contribution in [0.1, 0.15) is 98.1 Å². The van der Waals surface area contributed by atoms with E-state index in [2.05, 4.69) is 109 Å². The van der Waals surface area contributed by atoms with E-state index in [1.54, 1.807) is 3.59 Å². The van der Waals surface area contributed by atoms with Crippen LogP contribution in [0.25, 0.3) is 9.06 Å². The molecule has 0 aromatic heterocycles. The molecule has 0 amide bonds. The number of rotatable bonds is 13. The molecule has 4 heteroatoms. The predicted octanol–water partition coefficient (Wildman–Crippen LogP) is 9.62. The third kappa shape index (κ3) is 6.69. The van der Waals surface area contributed by atoms with Gasteiger partial charge in [0.1, 0.15) is 0 Å². The summed E-state index contributed by atoms with van der Waals surface area (Å²) >= 11 is -2.94. The molecule has 2 nitrogen and oxygen atoms in total. The molecule has 0 saturated carbocycles. The van der Waals surface area contributed by atoms with Crippen molar-refractivity contribution in [1.29, 1.82) is 0 Å². The summed E-state index contributed by atoms with van der Waals surface area (Å²) in [4.78, 5) is 0. The van der Waals surface area contributed by atoms with Gasteiger partial charge in [-0.3, -0.25) is 0 Å². The zero-order valence-corrected chi connectivity index (χ0v) is 26.9. The normalized spacial score (nSPS) is 17.8. The molecule has 2 aromatic rings. The van der Waals surface area contributed by atoms with Crippen molar-refractivity contribution in [2.24, 2.45) is 0 Å². The summed E-state index contributed by atoms with van der Waals surface area (Å²) in [5, 5.41) is 0. The summed E-state index contributed by atoms with van der Waals surface area (Å²) < 4.78 is 19.6. The summed E-state index contributed by atoms with van der Waals surface area (Å²) in [7, 11) is -0.353. The first-order valence-corrected chi connectivity index (χ1v) is 21.9. The Labute approximate surface area is 226 Å². The van der Waals surface area contributed by atoms with Crippen LogP contribution in [0, 0.1) is 0 Å². The van der Waals surface area contributed by atoms with Crippen molar-refractivity contribution < 1.29 is 9.31 Å². The molecular weight excluding hydrogens is 546 g/mol. The van der Waals surface area contributed by atoms with Crippen LogP contribution in [0.5, 0.6) is 0 Å². The average Bonchev–Trinajstić information content (AvgIpc) is 3.09. The number of hydrogen-bond acceptors (Lipinski definition) is 2. The van der Waals surface area contributed by atoms with Gasteiger partial charge < -0.3 is 0 Å². The summed E-state index contributed by atoms with van der Waals surface area (Å²) in [6, 6.07) is 22.3. The van der Waals surface area contributed by atoms with E-state index in [1.807, 2.05) is 0 Å². The van der Waals surface area contributed by atoms with Gasteiger partial charge in [-0.2, -0.15) is 0 Å². The third-order valence-electron chi connectivity index (χ3n) is 8.46. The first-order chi connectivity index (χ1) is 17.2. The van der Waals surface area contributed by atoms with Crippen molar-refractivity contribution in [3.05, 3.63) is 71.8 Å². The van der Waals surface area contributed by atoms with Gasteiger partial charge in [0, 0.05) is 0 Å². The zero-order chi connectivity index (χ0) is 26.2. The van der Waals surface area contributed by atoms with Gasteiger partial charge in [0.2, 0.25) is 0 Å². The molecule has 0 aliphatic carbocycles. The first kappa shape index (κ1) is 29.5. The molecule has 0 spiro atoms. The van der Waals surface area contributed by atoms with Gasteiger partial charge in [0.25, 0.3) is 0 Å². The quantitative estimate of drug-likeness (QED) is 0.170. The second kappa shape index (κ2) is 13.2. The standard InChI is InChI=1S/C20H22BO2.3C4H9.Sn/c1-19(2)20(3,4)23-21(22-19)18(17-13-9-6-10-14-17)15-16-11-7-5-8-12-16;3*1-3-4-2;/h5-14H,1-4H3;3*1,3-4H2,2H3;. The molecule has 2 aromatic carbocycles. The van der Waals surface area contributed by atoms with Crippen LogP contribution < -0.4 is 0 Å². The molecule has 36 heavy (non-hydrogen) atoms. The van der Waals surface area contributed by atoms with Gasteiger partial charge in [-0.25, -0.2) is 0 Å². The van der Waals surface area contributed by atoms with E-state index in [0.717, 1.165) is 0 Å². The molecule has 0 radical (unpaired) electrons. The summed E-state index contributed by atoms with van der Waals surface area (Å²) in [5.41, 5.74) is 3.26. The van der Waals surface area contributed by atoms with Crippen LogP contribution in [0.4, 0.5) is 0 Å². The van der Waals surface area contributed by atoms with Gasteiger partial charge in [-0.15, -0.1) is 0 Å². The molecule has 1 aliphatic heterocycles. The number of hydrogen-bond donors (Lipinski definition) is 0. The van der Waals surface area contributed by atoms with Crippen molar-refractivity contribution in [2.75, 3.05) is 0 Å². The maximum absolute atomic E-state index is 6.85. The second-order valence-corrected chi connectivity index (χ2v) is 24.7. The Kier molecular flexibility index (Phi) is 10.8. The summed E-state index contributed by atoms with van der Waals surface area (Å²) in [6.07, 6.45) is 7.75. The molecule has 1 saturated heterocycles. The molecule has 0 N–H and O–H groups in total. The van der Waals surface area contributed by atoms with Gasteiger partial charge in [-0.05, 0) is 0 Å². The Morgan fingerprint density at radius 2 is 1.03 bits per heavy atom. The fraction of sp³-hybridized carbons (Fsp3) is 0.562. The molecule has 1 fully saturated rings. The van der Waals surface area contributed by atoms with Crippen molar-refractivity contribution >= 4 is 34.6 Å². The molecule has 1 aliphatic rings. The SMILES string of the molecule is CCC[CH2][Sn]([CH2]CCC)([CH2]CCC)/[C](=C(\B1OC(C)(C)C(C)(C)O1)c1ccccc1)c1ccccc1. The Morgan fingerprint density at radius 3 is 1.42 bits per heavy atom. The fourth-order valence-electron chi connectivity index (χ4n) is 5.62. The van der Waals surface area contributed by atoms with Gasteiger partial charge in [0.15, 0.2) is 0 Å². The van der Waals surface area contributed by atoms with Crippen molar-refractivity contribution in [2.45, 2.75) is 112 Å². The predicted molar refractivity (Wildman–Crippen MR) is 161 cm³/mol. The van der Waals surface area contributed by atoms with Crippen molar-refractivity contribution in [3.8, 4) is 0 Å². The summed E-state index contributed by atoms with van der Waals surface area (Å²) in [5.74, 6) is 0. The van der Waals surface area contributed by atoms with Crippen molar-refractivity contribution in [3.63, 3.8) is 0 Å². The van der Waals surface area contributed by atoms with Gasteiger partial charge in [-0.1, -0.05) is 0 Å². The third-order valence-corrected chi connectivity index (χ3v) is 24.3. The molecule has 0 atom stereocenters. The van der Waals surface area contributed by atoms with E-state index >= 15 is 0 Å². The van der Waals surface area contributed by atoms with E-state index in [-0.39, 0.29) is 18.3 Å². The molecule has 0 unspecified atom stereocenters. The molecule has 196 valence electrons. The maximum atomic E-state index is 6.85. The van der Waals surface area contributed by atoms with E-state index in [9.17, 15) is 0 Å². The zero-order valence-electron chi connectivity index (χ0n) is 24.0. The fourth-order valence-corrected chi connectivity index (χ4v) is 23.3. The molecule has 1 heterocycles. The van der Waals surface area contributed by atoms with Crippen LogP contribution >= 0.6 is 0 Å². The van der Waals surface area contributed by atoms with Crippen LogP contribution in [-0.4, -0.2) is 36.7 Å². The minimum atomic E-state index is -2.94. The van der Waals surface area contributed by atoms with Gasteiger partial charge in [0.05, 0.1) is 0 Å². The van der Waals surface area contributed by atoms with Gasteiger partial charge >= 0.3 is 227 Å². The number of unbranched alkanes of at least 4 members (excludes halogenated alkanes) is 3. The Hall–Kier alpha value is -1.04. The second-order valence-electron chi connectivity index (χ2n) is 11.7. The van der Waals surface area contributed by atoms with E-state index in [0.29, 0.717) is 0 Å². The van der Waals surface area contributed by atoms with Crippen LogP contribution in [-0.2, 0) is 9.31 Å². The molecule has 3 rings (SSSR count). The average molecular weight is 595 g/mol. The Bertz CT molecular complexity index is 930. The van der Waals surface area contributed by atoms with E-state index < -0.39 is 18.4 Å². The molecular formula is C32H49BO2Sn. The van der Waals surface area contributed by atoms with Crippen LogP contribution in [0.3, 0.4) is 0 Å². The summed E-state index contributed by atoms with van der Waals surface area (Å²) in [6.45, 7) is 15.8. The topological polar surface area (TPSA) is 18.5 Å². The Balaban J connectivity index is 2.39. The number of benzene rings is 2. The molecule has 0 bridgehead atoms. The van der Waals surface area contributed by atoms with E-state index in [1.165, 1.54) is 68.4 Å². The van der Waals surface area contributed by atoms with Crippen LogP contribution in [0.2, 0.25) is 13.3 Å². The minimum absolute atomic E-state index is 0.353. The first-order valence-electron chi connectivity index (χ1n) is 14.4. The van der Waals surface area contributed by atoms with Crippen molar-refractivity contribution in [1.82, 2.24) is 0 Å².